The van der Waals surface area contributed by atoms with Crippen molar-refractivity contribution in [2.24, 2.45) is 17.3 Å². The average Bonchev–Trinajstić information content (AvgIpc) is 2.35. The summed E-state index contributed by atoms with van der Waals surface area (Å²) in [7, 11) is 0. The first-order valence-corrected chi connectivity index (χ1v) is 6.38. The van der Waals surface area contributed by atoms with Gasteiger partial charge in [-0.25, -0.2) is 0 Å². The Hall–Kier alpha value is -0.200. The summed E-state index contributed by atoms with van der Waals surface area (Å²) >= 11 is 0. The minimum atomic E-state index is -0.419. The van der Waals surface area contributed by atoms with Gasteiger partial charge in [0, 0.05) is 31.2 Å². The van der Waals surface area contributed by atoms with Gasteiger partial charge in [0.05, 0.1) is 12.7 Å². The zero-order valence-corrected chi connectivity index (χ0v) is 12.0. The lowest BCUT2D eigenvalue weighted by Crippen LogP contribution is -2.36. The molecule has 0 saturated heterocycles. The largest absolute Gasteiger partial charge is 0.396 e. The summed E-state index contributed by atoms with van der Waals surface area (Å²) in [6.07, 6.45) is 0.0602. The molecule has 0 aliphatic heterocycles. The summed E-state index contributed by atoms with van der Waals surface area (Å²) in [6.45, 7) is 7.59. The molecule has 0 rings (SSSR count). The molecule has 0 spiro atoms. The van der Waals surface area contributed by atoms with Gasteiger partial charge >= 0.3 is 0 Å². The predicted molar refractivity (Wildman–Crippen MR) is 71.1 cm³/mol. The molecule has 5 N–H and O–H groups in total. The zero-order chi connectivity index (χ0) is 14.8. The molecule has 1 atom stereocenters. The molecule has 0 bridgehead atoms. The lowest BCUT2D eigenvalue weighted by molar-refractivity contribution is -0.0204. The Morgan fingerprint density at radius 1 is 0.944 bits per heavy atom. The minimum Gasteiger partial charge on any atom is -0.396 e. The van der Waals surface area contributed by atoms with Gasteiger partial charge in [-0.2, -0.15) is 0 Å². The second kappa shape index (κ2) is 10.7. The second-order valence-corrected chi connectivity index (χ2v) is 5.58. The number of rotatable bonds is 7. The molecule has 0 aromatic rings. The van der Waals surface area contributed by atoms with Crippen LogP contribution in [-0.4, -0.2) is 58.1 Å². The van der Waals surface area contributed by atoms with Crippen LogP contribution in [0.4, 0.5) is 0 Å². The zero-order valence-electron chi connectivity index (χ0n) is 12.0. The summed E-state index contributed by atoms with van der Waals surface area (Å²) in [5.41, 5.74) is -0.367. The summed E-state index contributed by atoms with van der Waals surface area (Å²) in [4.78, 5) is 0. The molecule has 5 heteroatoms. The molecule has 5 nitrogen and oxygen atoms in total. The van der Waals surface area contributed by atoms with E-state index in [9.17, 15) is 5.11 Å². The molecule has 18 heavy (non-hydrogen) atoms. The fraction of sp³-hybridized carbons (Fsp3) is 1.00. The Morgan fingerprint density at radius 2 is 1.39 bits per heavy atom. The molecule has 0 heterocycles. The predicted octanol–water partition coefficient (Wildman–Crippen LogP) is -0.00860. The van der Waals surface area contributed by atoms with E-state index >= 15 is 0 Å². The average molecular weight is 266 g/mol. The lowest BCUT2D eigenvalue weighted by Gasteiger charge is -2.30. The molecular weight excluding hydrogens is 236 g/mol. The van der Waals surface area contributed by atoms with E-state index in [0.717, 1.165) is 0 Å². The molecule has 0 aromatic carbocycles. The van der Waals surface area contributed by atoms with Crippen LogP contribution >= 0.6 is 0 Å². The van der Waals surface area contributed by atoms with Crippen LogP contribution in [0.15, 0.2) is 0 Å². The Kier molecular flexibility index (Phi) is 12.0. The third-order valence-corrected chi connectivity index (χ3v) is 2.89. The van der Waals surface area contributed by atoms with Crippen molar-refractivity contribution >= 4 is 0 Å². The number of aliphatic hydroxyl groups is 5. The number of hydrogen-bond donors (Lipinski definition) is 5. The van der Waals surface area contributed by atoms with E-state index in [4.69, 9.17) is 20.4 Å². The van der Waals surface area contributed by atoms with Crippen LogP contribution in [0.3, 0.4) is 0 Å². The first kappa shape index (κ1) is 20.1. The van der Waals surface area contributed by atoms with Crippen LogP contribution in [0.1, 0.15) is 34.1 Å². The SMILES string of the molecule is CC(C)C(O)C(C)(C)CO.OCCC(CO)CO. The Balaban J connectivity index is 0. The maximum atomic E-state index is 9.49. The van der Waals surface area contributed by atoms with Gasteiger partial charge in [-0.05, 0) is 12.3 Å². The van der Waals surface area contributed by atoms with E-state index in [-0.39, 0.29) is 43.7 Å². The topological polar surface area (TPSA) is 101 Å². The number of hydrogen-bond acceptors (Lipinski definition) is 5. The highest BCUT2D eigenvalue weighted by atomic mass is 16.3. The van der Waals surface area contributed by atoms with Crippen molar-refractivity contribution in [1.82, 2.24) is 0 Å². The fourth-order valence-corrected chi connectivity index (χ4v) is 1.42. The van der Waals surface area contributed by atoms with Crippen LogP contribution in [0.25, 0.3) is 0 Å². The highest BCUT2D eigenvalue weighted by molar-refractivity contribution is 4.78. The molecule has 0 aliphatic rings. The Labute approximate surface area is 110 Å². The molecule has 1 unspecified atom stereocenters. The molecular formula is C13H30O5. The monoisotopic (exact) mass is 266 g/mol. The van der Waals surface area contributed by atoms with Gasteiger partial charge in [-0.3, -0.25) is 0 Å². The van der Waals surface area contributed by atoms with E-state index in [0.29, 0.717) is 6.42 Å². The third kappa shape index (κ3) is 8.83. The van der Waals surface area contributed by atoms with Crippen LogP contribution in [0, 0.1) is 17.3 Å². The third-order valence-electron chi connectivity index (χ3n) is 2.89. The Morgan fingerprint density at radius 3 is 1.50 bits per heavy atom. The Bertz CT molecular complexity index is 178. The van der Waals surface area contributed by atoms with Crippen molar-refractivity contribution in [2.75, 3.05) is 26.4 Å². The van der Waals surface area contributed by atoms with E-state index in [1.807, 2.05) is 27.7 Å². The molecule has 0 radical (unpaired) electrons. The van der Waals surface area contributed by atoms with E-state index in [1.54, 1.807) is 0 Å². The molecule has 112 valence electrons. The quantitative estimate of drug-likeness (QED) is 0.446. The van der Waals surface area contributed by atoms with Crippen molar-refractivity contribution in [3.63, 3.8) is 0 Å². The summed E-state index contributed by atoms with van der Waals surface area (Å²) < 4.78 is 0. The van der Waals surface area contributed by atoms with Crippen LogP contribution in [-0.2, 0) is 0 Å². The van der Waals surface area contributed by atoms with Gasteiger partial charge in [-0.1, -0.05) is 27.7 Å². The summed E-state index contributed by atoms with van der Waals surface area (Å²) in [5.74, 6) is 0.0714. The fourth-order valence-electron chi connectivity index (χ4n) is 1.42. The lowest BCUT2D eigenvalue weighted by atomic mass is 9.82. The number of aliphatic hydroxyl groups excluding tert-OH is 5. The van der Waals surface area contributed by atoms with Gasteiger partial charge in [0.25, 0.3) is 0 Å². The molecule has 0 aromatic heterocycles. The van der Waals surface area contributed by atoms with Crippen LogP contribution in [0.2, 0.25) is 0 Å². The first-order chi connectivity index (χ1) is 8.26. The highest BCUT2D eigenvalue weighted by Gasteiger charge is 2.28. The highest BCUT2D eigenvalue weighted by Crippen LogP contribution is 2.24. The van der Waals surface area contributed by atoms with E-state index < -0.39 is 6.10 Å². The second-order valence-electron chi connectivity index (χ2n) is 5.58. The first-order valence-electron chi connectivity index (χ1n) is 6.38. The van der Waals surface area contributed by atoms with E-state index in [1.165, 1.54) is 0 Å². The minimum absolute atomic E-state index is 0.0335. The van der Waals surface area contributed by atoms with Gasteiger partial charge in [-0.15, -0.1) is 0 Å². The maximum Gasteiger partial charge on any atom is 0.0635 e. The van der Waals surface area contributed by atoms with Crippen molar-refractivity contribution < 1.29 is 25.5 Å². The van der Waals surface area contributed by atoms with Crippen LogP contribution < -0.4 is 0 Å². The molecule has 0 fully saturated rings. The van der Waals surface area contributed by atoms with Gasteiger partial charge in [0.1, 0.15) is 0 Å². The van der Waals surface area contributed by atoms with Gasteiger partial charge in [0.15, 0.2) is 0 Å². The standard InChI is InChI=1S/C8H18O2.C5H12O3/c1-6(2)7(10)8(3,4)5-9;6-2-1-5(3-7)4-8/h6-7,9-10H,5H2,1-4H3;5-8H,1-4H2. The van der Waals surface area contributed by atoms with Crippen molar-refractivity contribution in [1.29, 1.82) is 0 Å². The van der Waals surface area contributed by atoms with Crippen LogP contribution in [0.5, 0.6) is 0 Å². The maximum absolute atomic E-state index is 9.49. The van der Waals surface area contributed by atoms with Crippen molar-refractivity contribution in [2.45, 2.75) is 40.2 Å². The van der Waals surface area contributed by atoms with E-state index in [2.05, 4.69) is 0 Å². The summed E-state index contributed by atoms with van der Waals surface area (Å²) in [6, 6.07) is 0. The molecule has 0 saturated carbocycles. The smallest absolute Gasteiger partial charge is 0.0635 e. The molecule has 0 amide bonds. The summed E-state index contributed by atoms with van der Waals surface area (Å²) in [5, 5.41) is 43.4. The van der Waals surface area contributed by atoms with Gasteiger partial charge in [0.2, 0.25) is 0 Å². The van der Waals surface area contributed by atoms with Crippen molar-refractivity contribution in [3.8, 4) is 0 Å². The normalized spacial score (nSPS) is 13.5. The van der Waals surface area contributed by atoms with Crippen molar-refractivity contribution in [3.05, 3.63) is 0 Å². The molecule has 0 aliphatic carbocycles. The van der Waals surface area contributed by atoms with Gasteiger partial charge < -0.3 is 25.5 Å².